The number of aryl methyl sites for hydroxylation is 1. The summed E-state index contributed by atoms with van der Waals surface area (Å²) in [7, 11) is 0. The zero-order chi connectivity index (χ0) is 23.9. The smallest absolute Gasteiger partial charge is 0.266 e. The van der Waals surface area contributed by atoms with Crippen molar-refractivity contribution in [3.63, 3.8) is 0 Å². The Bertz CT molecular complexity index is 1190. The molecule has 34 heavy (non-hydrogen) atoms. The molecule has 1 aliphatic rings. The third-order valence-electron chi connectivity index (χ3n) is 5.60. The molecule has 0 atom stereocenters. The van der Waals surface area contributed by atoms with Crippen molar-refractivity contribution < 1.29 is 14.3 Å². The van der Waals surface area contributed by atoms with Crippen molar-refractivity contribution in [3.8, 4) is 11.5 Å². The number of thioether (sulfide) groups is 1. The van der Waals surface area contributed by atoms with Gasteiger partial charge in [-0.25, -0.2) is 0 Å². The molecule has 0 saturated carbocycles. The monoisotopic (exact) mass is 489 g/mol. The highest BCUT2D eigenvalue weighted by Gasteiger charge is 2.31. The van der Waals surface area contributed by atoms with Gasteiger partial charge >= 0.3 is 0 Å². The number of rotatable bonds is 9. The van der Waals surface area contributed by atoms with E-state index in [4.69, 9.17) is 21.7 Å². The van der Waals surface area contributed by atoms with Crippen LogP contribution in [0.5, 0.6) is 11.5 Å². The summed E-state index contributed by atoms with van der Waals surface area (Å²) in [5, 5.41) is 0. The minimum atomic E-state index is -0.0528. The third kappa shape index (κ3) is 6.07. The molecule has 0 bridgehead atoms. The fourth-order valence-electron chi connectivity index (χ4n) is 3.53. The standard InChI is InChI=1S/C28H27NO3S2/c1-20-8-6-11-25(21(20)2)32-17-7-16-31-24-14-12-22(13-15-24)18-26-27(30)29(28(33)34-26)19-23-9-4-3-5-10-23/h3-6,8-15,18H,7,16-17,19H2,1-2H3. The average molecular weight is 490 g/mol. The summed E-state index contributed by atoms with van der Waals surface area (Å²) in [4.78, 5) is 15.1. The van der Waals surface area contributed by atoms with E-state index in [0.29, 0.717) is 29.0 Å². The molecule has 6 heteroatoms. The number of thiocarbonyl (C=S) groups is 1. The summed E-state index contributed by atoms with van der Waals surface area (Å²) in [5.74, 6) is 1.67. The van der Waals surface area contributed by atoms with Crippen LogP contribution in [0.3, 0.4) is 0 Å². The van der Waals surface area contributed by atoms with Crippen LogP contribution in [0, 0.1) is 13.8 Å². The molecule has 0 radical (unpaired) electrons. The molecule has 0 aromatic heterocycles. The third-order valence-corrected chi connectivity index (χ3v) is 6.98. The van der Waals surface area contributed by atoms with Gasteiger partial charge in [0.2, 0.25) is 0 Å². The minimum Gasteiger partial charge on any atom is -0.493 e. The molecule has 174 valence electrons. The molecule has 1 amide bonds. The van der Waals surface area contributed by atoms with Crippen molar-refractivity contribution in [3.05, 3.63) is 100.0 Å². The van der Waals surface area contributed by atoms with Gasteiger partial charge < -0.3 is 9.47 Å². The van der Waals surface area contributed by atoms with Gasteiger partial charge in [0.05, 0.1) is 24.7 Å². The predicted molar refractivity (Wildman–Crippen MR) is 143 cm³/mol. The van der Waals surface area contributed by atoms with Crippen LogP contribution in [0.4, 0.5) is 0 Å². The summed E-state index contributed by atoms with van der Waals surface area (Å²) in [6.07, 6.45) is 2.67. The number of amides is 1. The molecule has 0 unspecified atom stereocenters. The molecule has 0 N–H and O–H groups in total. The Labute approximate surface area is 210 Å². The number of hydrogen-bond acceptors (Lipinski definition) is 5. The molecular weight excluding hydrogens is 462 g/mol. The van der Waals surface area contributed by atoms with Gasteiger partial charge in [0, 0.05) is 6.42 Å². The van der Waals surface area contributed by atoms with Crippen LogP contribution in [0.15, 0.2) is 77.7 Å². The van der Waals surface area contributed by atoms with E-state index in [0.717, 1.165) is 29.0 Å². The van der Waals surface area contributed by atoms with Gasteiger partial charge in [0.1, 0.15) is 15.8 Å². The molecule has 0 spiro atoms. The maximum atomic E-state index is 12.8. The second kappa shape index (κ2) is 11.4. The molecule has 4 nitrogen and oxygen atoms in total. The number of carbonyl (C=O) groups excluding carboxylic acids is 1. The highest BCUT2D eigenvalue weighted by atomic mass is 32.2. The highest BCUT2D eigenvalue weighted by Crippen LogP contribution is 2.33. The normalized spacial score (nSPS) is 14.6. The molecule has 3 aromatic rings. The molecule has 3 aromatic carbocycles. The molecule has 1 heterocycles. The van der Waals surface area contributed by atoms with E-state index < -0.39 is 0 Å². The summed E-state index contributed by atoms with van der Waals surface area (Å²) in [6.45, 7) is 5.82. The van der Waals surface area contributed by atoms with E-state index in [1.54, 1.807) is 4.90 Å². The number of benzene rings is 3. The molecule has 4 rings (SSSR count). The zero-order valence-corrected chi connectivity index (χ0v) is 21.0. The Balaban J connectivity index is 1.26. The molecule has 1 aliphatic heterocycles. The topological polar surface area (TPSA) is 38.8 Å². The van der Waals surface area contributed by atoms with Crippen LogP contribution in [0.25, 0.3) is 6.08 Å². The van der Waals surface area contributed by atoms with Gasteiger partial charge in [-0.1, -0.05) is 78.6 Å². The summed E-state index contributed by atoms with van der Waals surface area (Å²) < 4.78 is 12.3. The number of nitrogens with zero attached hydrogens (tertiary/aromatic N) is 1. The average Bonchev–Trinajstić information content (AvgIpc) is 3.10. The van der Waals surface area contributed by atoms with Crippen LogP contribution in [0.1, 0.15) is 28.7 Å². The lowest BCUT2D eigenvalue weighted by atomic mass is 10.1. The highest BCUT2D eigenvalue weighted by molar-refractivity contribution is 8.26. The fourth-order valence-corrected chi connectivity index (χ4v) is 4.78. The summed E-state index contributed by atoms with van der Waals surface area (Å²) >= 11 is 6.78. The van der Waals surface area contributed by atoms with Crippen molar-refractivity contribution in [2.45, 2.75) is 26.8 Å². The van der Waals surface area contributed by atoms with Crippen molar-refractivity contribution in [1.82, 2.24) is 4.90 Å². The Hall–Kier alpha value is -3.09. The van der Waals surface area contributed by atoms with E-state index in [1.807, 2.05) is 72.8 Å². The largest absolute Gasteiger partial charge is 0.493 e. The van der Waals surface area contributed by atoms with E-state index in [1.165, 1.54) is 22.9 Å². The Morgan fingerprint density at radius 1 is 0.912 bits per heavy atom. The van der Waals surface area contributed by atoms with Crippen LogP contribution >= 0.6 is 24.0 Å². The lowest BCUT2D eigenvalue weighted by Gasteiger charge is -2.14. The van der Waals surface area contributed by atoms with Crippen LogP contribution < -0.4 is 9.47 Å². The second-order valence-corrected chi connectivity index (χ2v) is 9.75. The number of carbonyl (C=O) groups is 1. The lowest BCUT2D eigenvalue weighted by molar-refractivity contribution is -0.122. The van der Waals surface area contributed by atoms with Crippen molar-refractivity contribution in [2.24, 2.45) is 0 Å². The van der Waals surface area contributed by atoms with Gasteiger partial charge in [-0.2, -0.15) is 0 Å². The van der Waals surface area contributed by atoms with Gasteiger partial charge in [-0.3, -0.25) is 9.69 Å². The Morgan fingerprint density at radius 3 is 2.41 bits per heavy atom. The molecule has 1 saturated heterocycles. The zero-order valence-electron chi connectivity index (χ0n) is 19.3. The molecule has 1 fully saturated rings. The SMILES string of the molecule is Cc1cccc(OCCCOc2ccc(C=C3SC(=S)N(Cc4ccccc4)C3=O)cc2)c1C. The number of hydrogen-bond donors (Lipinski definition) is 0. The van der Waals surface area contributed by atoms with Gasteiger partial charge in [-0.05, 0) is 60.4 Å². The van der Waals surface area contributed by atoms with E-state index >= 15 is 0 Å². The molecule has 0 aliphatic carbocycles. The van der Waals surface area contributed by atoms with Crippen molar-refractivity contribution in [1.29, 1.82) is 0 Å². The van der Waals surface area contributed by atoms with Crippen LogP contribution in [0.2, 0.25) is 0 Å². The number of ether oxygens (including phenoxy) is 2. The first-order chi connectivity index (χ1) is 16.5. The van der Waals surface area contributed by atoms with Crippen molar-refractivity contribution >= 4 is 40.3 Å². The summed E-state index contributed by atoms with van der Waals surface area (Å²) in [5.41, 5.74) is 4.40. The first-order valence-corrected chi connectivity index (χ1v) is 12.4. The van der Waals surface area contributed by atoms with E-state index in [9.17, 15) is 4.79 Å². The van der Waals surface area contributed by atoms with Gasteiger partial charge in [0.25, 0.3) is 5.91 Å². The fraction of sp³-hybridized carbons (Fsp3) is 0.214. The Morgan fingerprint density at radius 2 is 1.65 bits per heavy atom. The predicted octanol–water partition coefficient (Wildman–Crippen LogP) is 6.55. The maximum Gasteiger partial charge on any atom is 0.266 e. The first kappa shape index (κ1) is 24.0. The first-order valence-electron chi connectivity index (χ1n) is 11.2. The second-order valence-electron chi connectivity index (χ2n) is 8.07. The van der Waals surface area contributed by atoms with Crippen LogP contribution in [-0.2, 0) is 11.3 Å². The Kier molecular flexibility index (Phi) is 8.03. The van der Waals surface area contributed by atoms with Gasteiger partial charge in [-0.15, -0.1) is 0 Å². The quantitative estimate of drug-likeness (QED) is 0.194. The summed E-state index contributed by atoms with van der Waals surface area (Å²) in [6, 6.07) is 23.7. The van der Waals surface area contributed by atoms with E-state index in [-0.39, 0.29) is 5.91 Å². The molecular formula is C28H27NO3S2. The van der Waals surface area contributed by atoms with Crippen molar-refractivity contribution in [2.75, 3.05) is 13.2 Å². The lowest BCUT2D eigenvalue weighted by Crippen LogP contribution is -2.27. The minimum absolute atomic E-state index is 0.0528. The maximum absolute atomic E-state index is 12.8. The van der Waals surface area contributed by atoms with E-state index in [2.05, 4.69) is 19.9 Å². The van der Waals surface area contributed by atoms with Gasteiger partial charge in [0.15, 0.2) is 0 Å². The van der Waals surface area contributed by atoms with Crippen LogP contribution in [-0.4, -0.2) is 28.3 Å².